The van der Waals surface area contributed by atoms with E-state index >= 15 is 0 Å². The van der Waals surface area contributed by atoms with Gasteiger partial charge in [0, 0.05) is 12.6 Å². The predicted molar refractivity (Wildman–Crippen MR) is 120 cm³/mol. The molecule has 1 heterocycles. The largest absolute Gasteiger partial charge is 0.478 e. The number of halogens is 2. The molecule has 2 N–H and O–H groups in total. The van der Waals surface area contributed by atoms with Gasteiger partial charge >= 0.3 is 5.97 Å². The minimum Gasteiger partial charge on any atom is -0.478 e. The molecule has 12 heteroatoms. The van der Waals surface area contributed by atoms with Crippen LogP contribution in [0.4, 0.5) is 20.2 Å². The van der Waals surface area contributed by atoms with Gasteiger partial charge in [0.15, 0.2) is 0 Å². The Balaban J connectivity index is 1.72. The normalized spacial score (nSPS) is 13.9. The van der Waals surface area contributed by atoms with Crippen LogP contribution in [0.5, 0.6) is 0 Å². The van der Waals surface area contributed by atoms with Gasteiger partial charge in [0.25, 0.3) is 20.0 Å². The summed E-state index contributed by atoms with van der Waals surface area (Å²) in [5.41, 5.74) is 0.636. The lowest BCUT2D eigenvalue weighted by Gasteiger charge is -2.31. The molecule has 0 saturated heterocycles. The number of hydrogen-bond donors (Lipinski definition) is 2. The quantitative estimate of drug-likeness (QED) is 0.525. The molecule has 0 radical (unpaired) electrons. The highest BCUT2D eigenvalue weighted by Crippen LogP contribution is 2.35. The fourth-order valence-electron chi connectivity index (χ4n) is 3.67. The van der Waals surface area contributed by atoms with E-state index in [9.17, 15) is 35.5 Å². The molecule has 34 heavy (non-hydrogen) atoms. The van der Waals surface area contributed by atoms with E-state index in [-0.39, 0.29) is 28.4 Å². The molecular weight excluding hydrogens is 490 g/mol. The van der Waals surface area contributed by atoms with E-state index in [0.29, 0.717) is 24.5 Å². The van der Waals surface area contributed by atoms with Gasteiger partial charge in [0.05, 0.1) is 21.8 Å². The second kappa shape index (κ2) is 8.69. The summed E-state index contributed by atoms with van der Waals surface area (Å²) in [4.78, 5) is 10.3. The smallest absolute Gasteiger partial charge is 0.335 e. The summed E-state index contributed by atoms with van der Waals surface area (Å²) < 4.78 is 82.4. The van der Waals surface area contributed by atoms with E-state index in [1.807, 2.05) is 0 Å². The fourth-order valence-corrected chi connectivity index (χ4v) is 6.36. The third-order valence-electron chi connectivity index (χ3n) is 5.27. The molecule has 1 aliphatic rings. The molecule has 0 saturated carbocycles. The maximum atomic E-state index is 14.0. The maximum Gasteiger partial charge on any atom is 0.335 e. The number of carbonyl (C=O) groups is 1. The Kier molecular flexibility index (Phi) is 6.04. The lowest BCUT2D eigenvalue weighted by molar-refractivity contribution is 0.0696. The van der Waals surface area contributed by atoms with Crippen molar-refractivity contribution in [2.24, 2.45) is 0 Å². The average Bonchev–Trinajstić information content (AvgIpc) is 2.78. The Bertz CT molecular complexity index is 1510. The summed E-state index contributed by atoms with van der Waals surface area (Å²) >= 11 is 0. The number of anilines is 2. The van der Waals surface area contributed by atoms with Crippen molar-refractivity contribution in [3.63, 3.8) is 0 Å². The van der Waals surface area contributed by atoms with Gasteiger partial charge in [-0.3, -0.25) is 9.03 Å². The number of nitrogens with one attached hydrogen (secondary N) is 1. The number of carboxylic acid groups (broad SMARTS) is 1. The SMILES string of the molecule is O=C(O)c1cccc(S(=O)(=O)N2CCCc3ccc(NS(=O)(=O)c4ccc(F)cc4F)cc32)c1. The first-order valence-corrected chi connectivity index (χ1v) is 12.9. The lowest BCUT2D eigenvalue weighted by Crippen LogP contribution is -2.35. The zero-order valence-electron chi connectivity index (χ0n) is 17.4. The second-order valence-electron chi connectivity index (χ2n) is 7.54. The van der Waals surface area contributed by atoms with Gasteiger partial charge in [-0.15, -0.1) is 0 Å². The number of fused-ring (bicyclic) bond motifs is 1. The Morgan fingerprint density at radius 3 is 2.44 bits per heavy atom. The molecule has 8 nitrogen and oxygen atoms in total. The van der Waals surface area contributed by atoms with Crippen LogP contribution in [0.1, 0.15) is 22.3 Å². The molecule has 0 bridgehead atoms. The van der Waals surface area contributed by atoms with Crippen molar-refractivity contribution in [1.82, 2.24) is 0 Å². The standard InChI is InChI=1S/C22H18F2N2O6S2/c23-16-7-9-21(19(24)12-16)33(29,30)25-17-8-6-14-4-2-10-26(20(14)13-17)34(31,32)18-5-1-3-15(11-18)22(27)28/h1,3,5-9,11-13,25H,2,4,10H2,(H,27,28). The minimum atomic E-state index is -4.43. The van der Waals surface area contributed by atoms with Crippen molar-refractivity contribution in [3.05, 3.63) is 83.4 Å². The molecule has 0 amide bonds. The first-order valence-electron chi connectivity index (χ1n) is 9.96. The molecule has 1 aliphatic heterocycles. The summed E-state index contributed by atoms with van der Waals surface area (Å²) in [6.45, 7) is 0.0927. The van der Waals surface area contributed by atoms with E-state index in [2.05, 4.69) is 4.72 Å². The van der Waals surface area contributed by atoms with Gasteiger partial charge in [0.1, 0.15) is 16.5 Å². The van der Waals surface area contributed by atoms with Crippen molar-refractivity contribution < 1.29 is 35.5 Å². The second-order valence-corrected chi connectivity index (χ2v) is 11.1. The highest BCUT2D eigenvalue weighted by atomic mass is 32.2. The summed E-state index contributed by atoms with van der Waals surface area (Å²) in [6, 6.07) is 11.3. The highest BCUT2D eigenvalue weighted by Gasteiger charge is 2.30. The summed E-state index contributed by atoms with van der Waals surface area (Å²) in [6.07, 6.45) is 1.03. The molecule has 0 aliphatic carbocycles. The third-order valence-corrected chi connectivity index (χ3v) is 8.49. The Morgan fingerprint density at radius 1 is 0.971 bits per heavy atom. The zero-order chi connectivity index (χ0) is 24.7. The average molecular weight is 509 g/mol. The summed E-state index contributed by atoms with van der Waals surface area (Å²) in [5, 5.41) is 9.20. The van der Waals surface area contributed by atoms with E-state index < -0.39 is 42.5 Å². The molecule has 0 atom stereocenters. The van der Waals surface area contributed by atoms with Crippen LogP contribution < -0.4 is 9.03 Å². The topological polar surface area (TPSA) is 121 Å². The molecule has 0 unspecified atom stereocenters. The molecule has 0 aromatic heterocycles. The molecule has 178 valence electrons. The van der Waals surface area contributed by atoms with Gasteiger partial charge in [-0.1, -0.05) is 12.1 Å². The van der Waals surface area contributed by atoms with Crippen LogP contribution in [0.3, 0.4) is 0 Å². The van der Waals surface area contributed by atoms with Gasteiger partial charge in [-0.05, 0) is 60.9 Å². The first kappa shape index (κ1) is 23.6. The summed E-state index contributed by atoms with van der Waals surface area (Å²) in [5.74, 6) is -3.48. The van der Waals surface area contributed by atoms with Crippen LogP contribution in [0.25, 0.3) is 0 Å². The molecule has 0 spiro atoms. The lowest BCUT2D eigenvalue weighted by atomic mass is 10.0. The van der Waals surface area contributed by atoms with E-state index in [4.69, 9.17) is 0 Å². The number of sulfonamides is 2. The van der Waals surface area contributed by atoms with Crippen LogP contribution in [0.15, 0.2) is 70.5 Å². The van der Waals surface area contributed by atoms with E-state index in [1.165, 1.54) is 30.3 Å². The highest BCUT2D eigenvalue weighted by molar-refractivity contribution is 7.93. The number of nitrogens with zero attached hydrogens (tertiary/aromatic N) is 1. The predicted octanol–water partition coefficient (Wildman–Crippen LogP) is 3.61. The number of hydrogen-bond acceptors (Lipinski definition) is 5. The molecule has 4 rings (SSSR count). The molecular formula is C22H18F2N2O6S2. The van der Waals surface area contributed by atoms with Crippen LogP contribution in [0, 0.1) is 11.6 Å². The van der Waals surface area contributed by atoms with Crippen molar-refractivity contribution >= 4 is 37.4 Å². The van der Waals surface area contributed by atoms with Crippen LogP contribution in [-0.2, 0) is 26.5 Å². The van der Waals surface area contributed by atoms with Crippen LogP contribution in [0.2, 0.25) is 0 Å². The van der Waals surface area contributed by atoms with Crippen molar-refractivity contribution in [3.8, 4) is 0 Å². The zero-order valence-corrected chi connectivity index (χ0v) is 19.0. The van der Waals surface area contributed by atoms with Gasteiger partial charge in [-0.2, -0.15) is 0 Å². The number of aromatic carboxylic acids is 1. The fraction of sp³-hybridized carbons (Fsp3) is 0.136. The van der Waals surface area contributed by atoms with E-state index in [1.54, 1.807) is 6.07 Å². The van der Waals surface area contributed by atoms with Gasteiger partial charge < -0.3 is 5.11 Å². The minimum absolute atomic E-state index is 0.0242. The number of carboxylic acids is 1. The van der Waals surface area contributed by atoms with E-state index in [0.717, 1.165) is 22.5 Å². The molecule has 3 aromatic rings. The number of aryl methyl sites for hydroxylation is 1. The third kappa shape index (κ3) is 4.46. The van der Waals surface area contributed by atoms with Gasteiger partial charge in [0.2, 0.25) is 0 Å². The Morgan fingerprint density at radius 2 is 1.74 bits per heavy atom. The van der Waals surface area contributed by atoms with Crippen LogP contribution in [-0.4, -0.2) is 34.5 Å². The summed E-state index contributed by atoms with van der Waals surface area (Å²) in [7, 11) is -8.60. The van der Waals surface area contributed by atoms with Crippen LogP contribution >= 0.6 is 0 Å². The monoisotopic (exact) mass is 508 g/mol. The number of benzene rings is 3. The number of rotatable bonds is 6. The van der Waals surface area contributed by atoms with Crippen molar-refractivity contribution in [2.75, 3.05) is 15.6 Å². The molecule has 3 aromatic carbocycles. The maximum absolute atomic E-state index is 14.0. The molecule has 0 fully saturated rings. The Labute approximate surface area is 194 Å². The Hall–Kier alpha value is -3.51. The van der Waals surface area contributed by atoms with Crippen molar-refractivity contribution in [1.29, 1.82) is 0 Å². The van der Waals surface area contributed by atoms with Crippen molar-refractivity contribution in [2.45, 2.75) is 22.6 Å². The van der Waals surface area contributed by atoms with Gasteiger partial charge in [-0.25, -0.2) is 30.4 Å². The first-order chi connectivity index (χ1) is 16.0.